The molecule has 0 radical (unpaired) electrons. The van der Waals surface area contributed by atoms with E-state index in [4.69, 9.17) is 0 Å². The van der Waals surface area contributed by atoms with Gasteiger partial charge in [-0.15, -0.1) is 11.3 Å². The first kappa shape index (κ1) is 18.1. The fourth-order valence-electron chi connectivity index (χ4n) is 3.04. The fourth-order valence-corrected chi connectivity index (χ4v) is 3.89. The normalized spacial score (nSPS) is 10.8. The maximum Gasteiger partial charge on any atom is 0.259 e. The number of hydrogen-bond acceptors (Lipinski definition) is 4. The van der Waals surface area contributed by atoms with Crippen molar-refractivity contribution in [2.75, 3.05) is 5.32 Å². The summed E-state index contributed by atoms with van der Waals surface area (Å²) < 4.78 is 14.1. The van der Waals surface area contributed by atoms with E-state index in [1.807, 2.05) is 36.6 Å². The lowest BCUT2D eigenvalue weighted by Gasteiger charge is -2.10. The van der Waals surface area contributed by atoms with E-state index in [2.05, 4.69) is 20.5 Å². The van der Waals surface area contributed by atoms with Crippen LogP contribution in [0.2, 0.25) is 0 Å². The van der Waals surface area contributed by atoms with Crippen molar-refractivity contribution in [2.24, 2.45) is 0 Å². The lowest BCUT2D eigenvalue weighted by atomic mass is 10.1. The van der Waals surface area contributed by atoms with Crippen molar-refractivity contribution in [1.82, 2.24) is 15.2 Å². The summed E-state index contributed by atoms with van der Waals surface area (Å²) in [5.41, 5.74) is 4.43. The number of carbonyl (C=O) groups is 1. The number of nitrogens with zero attached hydrogens (tertiary/aromatic N) is 2. The SMILES string of the molecule is Cc1n[nH]c(C)c1C(=O)Nc1ccccc1-c1csc(-c2ccccc2F)n1. The van der Waals surface area contributed by atoms with Gasteiger partial charge in [0.15, 0.2) is 0 Å². The van der Waals surface area contributed by atoms with Crippen LogP contribution in [0.5, 0.6) is 0 Å². The molecule has 1 amide bonds. The van der Waals surface area contributed by atoms with E-state index in [0.29, 0.717) is 38.9 Å². The highest BCUT2D eigenvalue weighted by Gasteiger charge is 2.18. The molecule has 7 heteroatoms. The lowest BCUT2D eigenvalue weighted by Crippen LogP contribution is -2.14. The van der Waals surface area contributed by atoms with E-state index < -0.39 is 0 Å². The molecule has 0 spiro atoms. The second-order valence-electron chi connectivity index (χ2n) is 6.33. The molecule has 0 unspecified atom stereocenters. The van der Waals surface area contributed by atoms with Gasteiger partial charge in [-0.1, -0.05) is 30.3 Å². The third-order valence-corrected chi connectivity index (χ3v) is 5.29. The van der Waals surface area contributed by atoms with Gasteiger partial charge in [-0.05, 0) is 32.0 Å². The predicted molar refractivity (Wildman–Crippen MR) is 109 cm³/mol. The number of halogens is 1. The summed E-state index contributed by atoms with van der Waals surface area (Å²) in [5, 5.41) is 12.3. The predicted octanol–water partition coefficient (Wildman–Crippen LogP) is 5.21. The van der Waals surface area contributed by atoms with Crippen molar-refractivity contribution in [2.45, 2.75) is 13.8 Å². The first-order valence-electron chi connectivity index (χ1n) is 8.67. The van der Waals surface area contributed by atoms with Gasteiger partial charge in [0.2, 0.25) is 0 Å². The van der Waals surface area contributed by atoms with Crippen LogP contribution in [0.25, 0.3) is 21.8 Å². The Morgan fingerprint density at radius 1 is 1.07 bits per heavy atom. The van der Waals surface area contributed by atoms with Gasteiger partial charge >= 0.3 is 0 Å². The zero-order valence-corrected chi connectivity index (χ0v) is 16.1. The Kier molecular flexibility index (Phi) is 4.75. The summed E-state index contributed by atoms with van der Waals surface area (Å²) >= 11 is 1.36. The molecule has 28 heavy (non-hydrogen) atoms. The van der Waals surface area contributed by atoms with Crippen LogP contribution in [0.1, 0.15) is 21.7 Å². The van der Waals surface area contributed by atoms with E-state index >= 15 is 0 Å². The first-order chi connectivity index (χ1) is 13.5. The highest BCUT2D eigenvalue weighted by Crippen LogP contribution is 2.33. The summed E-state index contributed by atoms with van der Waals surface area (Å²) in [6, 6.07) is 14.0. The van der Waals surface area contributed by atoms with Crippen molar-refractivity contribution in [3.63, 3.8) is 0 Å². The molecule has 2 heterocycles. The number of aromatic amines is 1. The maximum atomic E-state index is 14.1. The number of amides is 1. The third kappa shape index (κ3) is 3.32. The van der Waals surface area contributed by atoms with Crippen LogP contribution in [0.4, 0.5) is 10.1 Å². The average molecular weight is 392 g/mol. The zero-order chi connectivity index (χ0) is 19.7. The first-order valence-corrected chi connectivity index (χ1v) is 9.55. The lowest BCUT2D eigenvalue weighted by molar-refractivity contribution is 0.102. The molecule has 5 nitrogen and oxygen atoms in total. The molecule has 0 bridgehead atoms. The van der Waals surface area contributed by atoms with Crippen LogP contribution in [-0.4, -0.2) is 21.1 Å². The van der Waals surface area contributed by atoms with E-state index in [1.165, 1.54) is 17.4 Å². The molecular formula is C21H17FN4OS. The van der Waals surface area contributed by atoms with E-state index in [9.17, 15) is 9.18 Å². The quantitative estimate of drug-likeness (QED) is 0.501. The molecule has 2 aromatic heterocycles. The number of aromatic nitrogens is 3. The molecule has 4 aromatic rings. The molecule has 0 aliphatic carbocycles. The van der Waals surface area contributed by atoms with Crippen LogP contribution < -0.4 is 5.32 Å². The van der Waals surface area contributed by atoms with E-state index in [1.54, 1.807) is 25.1 Å². The Balaban J connectivity index is 1.68. The Hall–Kier alpha value is -3.32. The number of aryl methyl sites for hydroxylation is 2. The van der Waals surface area contributed by atoms with Crippen molar-refractivity contribution in [3.8, 4) is 21.8 Å². The number of nitrogens with one attached hydrogen (secondary N) is 2. The number of hydrogen-bond donors (Lipinski definition) is 2. The summed E-state index contributed by atoms with van der Waals surface area (Å²) in [4.78, 5) is 17.3. The monoisotopic (exact) mass is 392 g/mol. The molecule has 4 rings (SSSR count). The van der Waals surface area contributed by atoms with Crippen molar-refractivity contribution in [3.05, 3.63) is 76.7 Å². The molecular weight excluding hydrogens is 375 g/mol. The van der Waals surface area contributed by atoms with E-state index in [-0.39, 0.29) is 11.7 Å². The zero-order valence-electron chi connectivity index (χ0n) is 15.3. The second-order valence-corrected chi connectivity index (χ2v) is 7.18. The van der Waals surface area contributed by atoms with Gasteiger partial charge in [0.25, 0.3) is 5.91 Å². The number of thiazole rings is 1. The number of rotatable bonds is 4. The van der Waals surface area contributed by atoms with Crippen molar-refractivity contribution in [1.29, 1.82) is 0 Å². The van der Waals surface area contributed by atoms with Crippen LogP contribution in [0.3, 0.4) is 0 Å². The van der Waals surface area contributed by atoms with Crippen LogP contribution in [-0.2, 0) is 0 Å². The highest BCUT2D eigenvalue weighted by molar-refractivity contribution is 7.13. The molecule has 0 fully saturated rings. The molecule has 2 aromatic carbocycles. The number of para-hydroxylation sites is 1. The number of benzene rings is 2. The minimum atomic E-state index is -0.309. The molecule has 2 N–H and O–H groups in total. The molecule has 0 atom stereocenters. The highest BCUT2D eigenvalue weighted by atomic mass is 32.1. The Bertz CT molecular complexity index is 1150. The van der Waals surface area contributed by atoms with E-state index in [0.717, 1.165) is 5.56 Å². The fraction of sp³-hybridized carbons (Fsp3) is 0.0952. The molecule has 0 aliphatic rings. The van der Waals surface area contributed by atoms with Gasteiger partial charge in [-0.25, -0.2) is 9.37 Å². The maximum absolute atomic E-state index is 14.1. The topological polar surface area (TPSA) is 70.7 Å². The van der Waals surface area contributed by atoms with Gasteiger partial charge in [0.1, 0.15) is 10.8 Å². The standard InChI is InChI=1S/C21H17FN4OS/c1-12-19(13(2)26-25-12)20(27)23-17-10-6-4-8-15(17)18-11-28-21(24-18)14-7-3-5-9-16(14)22/h3-11H,1-2H3,(H,23,27)(H,25,26). The van der Waals surface area contributed by atoms with Crippen molar-refractivity contribution < 1.29 is 9.18 Å². The van der Waals surface area contributed by atoms with Crippen LogP contribution in [0.15, 0.2) is 53.9 Å². The summed E-state index contributed by atoms with van der Waals surface area (Å²) in [6.07, 6.45) is 0. The summed E-state index contributed by atoms with van der Waals surface area (Å²) in [7, 11) is 0. The number of H-pyrrole nitrogens is 1. The molecule has 140 valence electrons. The van der Waals surface area contributed by atoms with Gasteiger partial charge in [0, 0.05) is 22.2 Å². The molecule has 0 saturated carbocycles. The minimum Gasteiger partial charge on any atom is -0.321 e. The Morgan fingerprint density at radius 3 is 2.50 bits per heavy atom. The minimum absolute atomic E-state index is 0.235. The van der Waals surface area contributed by atoms with Gasteiger partial charge in [0.05, 0.1) is 22.6 Å². The van der Waals surface area contributed by atoms with Gasteiger partial charge in [-0.3, -0.25) is 9.89 Å². The smallest absolute Gasteiger partial charge is 0.259 e. The number of carbonyl (C=O) groups excluding carboxylic acids is 1. The Morgan fingerprint density at radius 2 is 1.79 bits per heavy atom. The van der Waals surface area contributed by atoms with Crippen molar-refractivity contribution >= 4 is 22.9 Å². The summed E-state index contributed by atoms with van der Waals surface area (Å²) in [5.74, 6) is -0.545. The second kappa shape index (κ2) is 7.36. The average Bonchev–Trinajstić information content (AvgIpc) is 3.29. The third-order valence-electron chi connectivity index (χ3n) is 4.41. The van der Waals surface area contributed by atoms with Gasteiger partial charge < -0.3 is 5.32 Å². The number of anilines is 1. The molecule has 0 saturated heterocycles. The Labute approximate surface area is 165 Å². The van der Waals surface area contributed by atoms with Crippen LogP contribution >= 0.6 is 11.3 Å². The summed E-state index contributed by atoms with van der Waals surface area (Å²) in [6.45, 7) is 3.59. The largest absolute Gasteiger partial charge is 0.321 e. The van der Waals surface area contributed by atoms with Crippen LogP contribution in [0, 0.1) is 19.7 Å². The molecule has 0 aliphatic heterocycles. The van der Waals surface area contributed by atoms with Gasteiger partial charge in [-0.2, -0.15) is 5.10 Å².